The summed E-state index contributed by atoms with van der Waals surface area (Å²) in [5.41, 5.74) is 0. The fourth-order valence-corrected chi connectivity index (χ4v) is 1.93. The quantitative estimate of drug-likeness (QED) is 0.600. The van der Waals surface area contributed by atoms with E-state index in [2.05, 4.69) is 25.8 Å². The summed E-state index contributed by atoms with van der Waals surface area (Å²) >= 11 is 0. The van der Waals surface area contributed by atoms with Crippen molar-refractivity contribution in [2.45, 2.75) is 32.4 Å². The summed E-state index contributed by atoms with van der Waals surface area (Å²) in [6, 6.07) is 0.722. The fraction of sp³-hybridized carbons (Fsp3) is 1.00. The molecule has 1 saturated heterocycles. The van der Waals surface area contributed by atoms with Crippen LogP contribution in [0.1, 0.15) is 20.3 Å². The van der Waals surface area contributed by atoms with E-state index >= 15 is 0 Å². The van der Waals surface area contributed by atoms with Gasteiger partial charge < -0.3 is 9.64 Å². The Morgan fingerprint density at radius 2 is 2.09 bits per heavy atom. The van der Waals surface area contributed by atoms with Gasteiger partial charge in [0.15, 0.2) is 0 Å². The van der Waals surface area contributed by atoms with Crippen LogP contribution < -0.4 is 0 Å². The first-order chi connectivity index (χ1) is 5.15. The first-order valence-electron chi connectivity index (χ1n) is 4.38. The van der Waals surface area contributed by atoms with E-state index in [1.807, 2.05) is 0 Å². The van der Waals surface area contributed by atoms with Crippen LogP contribution in [0, 0.1) is 5.92 Å². The molecule has 0 N–H and O–H groups in total. The van der Waals surface area contributed by atoms with Gasteiger partial charge >= 0.3 is 0 Å². The predicted molar refractivity (Wildman–Crippen MR) is 46.7 cm³/mol. The van der Waals surface area contributed by atoms with Crippen LogP contribution in [0.3, 0.4) is 0 Å². The van der Waals surface area contributed by atoms with Gasteiger partial charge in [-0.15, -0.1) is 0 Å². The van der Waals surface area contributed by atoms with Gasteiger partial charge in [0.05, 0.1) is 6.10 Å². The van der Waals surface area contributed by atoms with Crippen molar-refractivity contribution < 1.29 is 4.74 Å². The minimum absolute atomic E-state index is 0.465. The summed E-state index contributed by atoms with van der Waals surface area (Å²) in [6.07, 6.45) is 1.66. The van der Waals surface area contributed by atoms with E-state index in [1.54, 1.807) is 7.11 Å². The molecule has 0 aromatic heterocycles. The Balaban J connectivity index is 2.45. The normalized spacial score (nSPS) is 33.5. The van der Waals surface area contributed by atoms with Crippen LogP contribution in [0.15, 0.2) is 0 Å². The molecule has 1 aliphatic rings. The highest BCUT2D eigenvalue weighted by Gasteiger charge is 2.30. The zero-order valence-electron chi connectivity index (χ0n) is 8.00. The second-order valence-electron chi connectivity index (χ2n) is 3.84. The Bertz CT molecular complexity index is 125. The van der Waals surface area contributed by atoms with Gasteiger partial charge in [0.1, 0.15) is 0 Å². The molecule has 0 radical (unpaired) electrons. The van der Waals surface area contributed by atoms with Crippen molar-refractivity contribution in [3.8, 4) is 0 Å². The molecule has 2 heteroatoms. The van der Waals surface area contributed by atoms with E-state index in [4.69, 9.17) is 4.74 Å². The van der Waals surface area contributed by atoms with Crippen LogP contribution >= 0.6 is 0 Å². The maximum absolute atomic E-state index is 5.32. The average molecular weight is 157 g/mol. The van der Waals surface area contributed by atoms with Crippen molar-refractivity contribution in [1.29, 1.82) is 0 Å². The maximum atomic E-state index is 5.32. The highest BCUT2D eigenvalue weighted by molar-refractivity contribution is 4.85. The third-order valence-corrected chi connectivity index (χ3v) is 2.67. The second-order valence-corrected chi connectivity index (χ2v) is 3.84. The summed E-state index contributed by atoms with van der Waals surface area (Å²) in [5.74, 6) is 0.750. The number of likely N-dealkylation sites (N-methyl/N-ethyl adjacent to an activating group) is 1. The number of nitrogens with zero attached hydrogens (tertiary/aromatic N) is 1. The molecular weight excluding hydrogens is 138 g/mol. The molecule has 0 saturated carbocycles. The number of likely N-dealkylation sites (tertiary alicyclic amines) is 1. The van der Waals surface area contributed by atoms with E-state index in [1.165, 1.54) is 6.42 Å². The van der Waals surface area contributed by atoms with Gasteiger partial charge in [-0.2, -0.15) is 0 Å². The first kappa shape index (κ1) is 9.01. The fourth-order valence-electron chi connectivity index (χ4n) is 1.93. The van der Waals surface area contributed by atoms with Gasteiger partial charge in [0.2, 0.25) is 0 Å². The summed E-state index contributed by atoms with van der Waals surface area (Å²) in [6.45, 7) is 5.65. The lowest BCUT2D eigenvalue weighted by molar-refractivity contribution is 0.111. The van der Waals surface area contributed by atoms with E-state index in [-0.39, 0.29) is 0 Å². The largest absolute Gasteiger partial charge is 0.380 e. The van der Waals surface area contributed by atoms with Crippen LogP contribution in [0.5, 0.6) is 0 Å². The summed E-state index contributed by atoms with van der Waals surface area (Å²) in [5, 5.41) is 0. The van der Waals surface area contributed by atoms with E-state index in [9.17, 15) is 0 Å². The van der Waals surface area contributed by atoms with Gasteiger partial charge in [-0.05, 0) is 19.4 Å². The minimum atomic E-state index is 0.465. The third-order valence-electron chi connectivity index (χ3n) is 2.67. The standard InChI is InChI=1S/C9H19NO/c1-7(2)9-5-8(11-4)6-10(9)3/h7-9H,5-6H2,1-4H3/t8-,9+/m1/s1. The molecule has 0 unspecified atom stereocenters. The van der Waals surface area contributed by atoms with Crippen LogP contribution in [-0.2, 0) is 4.74 Å². The highest BCUT2D eigenvalue weighted by Crippen LogP contribution is 2.23. The molecule has 1 aliphatic heterocycles. The monoisotopic (exact) mass is 157 g/mol. The lowest BCUT2D eigenvalue weighted by Gasteiger charge is -2.22. The summed E-state index contributed by atoms with van der Waals surface area (Å²) in [4.78, 5) is 2.40. The van der Waals surface area contributed by atoms with Gasteiger partial charge in [-0.1, -0.05) is 13.8 Å². The molecule has 66 valence electrons. The smallest absolute Gasteiger partial charge is 0.0713 e. The number of methoxy groups -OCH3 is 1. The number of hydrogen-bond acceptors (Lipinski definition) is 2. The Morgan fingerprint density at radius 3 is 2.36 bits per heavy atom. The lowest BCUT2D eigenvalue weighted by atomic mass is 10.0. The molecule has 11 heavy (non-hydrogen) atoms. The molecule has 2 atom stereocenters. The van der Waals surface area contributed by atoms with Crippen molar-refractivity contribution in [3.63, 3.8) is 0 Å². The number of hydrogen-bond donors (Lipinski definition) is 0. The van der Waals surface area contributed by atoms with Gasteiger partial charge in [0, 0.05) is 19.7 Å². The maximum Gasteiger partial charge on any atom is 0.0713 e. The average Bonchev–Trinajstić information content (AvgIpc) is 2.30. The molecule has 0 bridgehead atoms. The minimum Gasteiger partial charge on any atom is -0.380 e. The molecule has 1 fully saturated rings. The number of rotatable bonds is 2. The zero-order valence-corrected chi connectivity index (χ0v) is 8.00. The Hall–Kier alpha value is -0.0800. The van der Waals surface area contributed by atoms with Crippen molar-refractivity contribution in [3.05, 3.63) is 0 Å². The molecule has 0 aliphatic carbocycles. The third kappa shape index (κ3) is 1.94. The molecule has 1 heterocycles. The topological polar surface area (TPSA) is 12.5 Å². The molecular formula is C9H19NO. The summed E-state index contributed by atoms with van der Waals surface area (Å²) in [7, 11) is 3.99. The van der Waals surface area contributed by atoms with Gasteiger partial charge in [-0.25, -0.2) is 0 Å². The van der Waals surface area contributed by atoms with Crippen LogP contribution in [0.4, 0.5) is 0 Å². The van der Waals surface area contributed by atoms with E-state index < -0.39 is 0 Å². The Kier molecular flexibility index (Phi) is 2.90. The molecule has 0 aromatic rings. The van der Waals surface area contributed by atoms with Crippen LogP contribution in [-0.4, -0.2) is 37.7 Å². The van der Waals surface area contributed by atoms with Crippen LogP contribution in [0.2, 0.25) is 0 Å². The van der Waals surface area contributed by atoms with Crippen molar-refractivity contribution in [2.24, 2.45) is 5.92 Å². The summed E-state index contributed by atoms with van der Waals surface area (Å²) < 4.78 is 5.32. The van der Waals surface area contributed by atoms with Gasteiger partial charge in [-0.3, -0.25) is 0 Å². The zero-order chi connectivity index (χ0) is 8.43. The molecule has 2 nitrogen and oxygen atoms in total. The van der Waals surface area contributed by atoms with Crippen molar-refractivity contribution >= 4 is 0 Å². The van der Waals surface area contributed by atoms with E-state index in [0.29, 0.717) is 6.10 Å². The molecule has 1 rings (SSSR count). The van der Waals surface area contributed by atoms with Crippen molar-refractivity contribution in [1.82, 2.24) is 4.90 Å². The SMILES string of the molecule is CO[C@@H]1C[C@@H](C(C)C)N(C)C1. The Morgan fingerprint density at radius 1 is 1.45 bits per heavy atom. The van der Waals surface area contributed by atoms with E-state index in [0.717, 1.165) is 18.5 Å². The molecule has 0 amide bonds. The Labute approximate surface area is 69.5 Å². The van der Waals surface area contributed by atoms with Crippen LogP contribution in [0.25, 0.3) is 0 Å². The van der Waals surface area contributed by atoms with Gasteiger partial charge in [0.25, 0.3) is 0 Å². The number of ether oxygens (including phenoxy) is 1. The van der Waals surface area contributed by atoms with Crippen molar-refractivity contribution in [2.75, 3.05) is 20.7 Å². The second kappa shape index (κ2) is 3.55. The highest BCUT2D eigenvalue weighted by atomic mass is 16.5. The lowest BCUT2D eigenvalue weighted by Crippen LogP contribution is -2.29. The molecule has 0 aromatic carbocycles. The first-order valence-corrected chi connectivity index (χ1v) is 4.38. The predicted octanol–water partition coefficient (Wildman–Crippen LogP) is 1.36. The molecule has 0 spiro atoms.